The molecule has 2 rings (SSSR count). The van der Waals surface area contributed by atoms with Gasteiger partial charge in [-0.15, -0.1) is 0 Å². The molecular formula is C19H26N2O6. The van der Waals surface area contributed by atoms with Crippen LogP contribution in [0.3, 0.4) is 0 Å². The van der Waals surface area contributed by atoms with Crippen LogP contribution in [0.2, 0.25) is 0 Å². The Morgan fingerprint density at radius 2 is 2.04 bits per heavy atom. The predicted octanol–water partition coefficient (Wildman–Crippen LogP) is 1.88. The number of amides is 2. The minimum absolute atomic E-state index is 0.0128. The molecule has 2 unspecified atom stereocenters. The van der Waals surface area contributed by atoms with E-state index in [1.165, 1.54) is 6.92 Å². The van der Waals surface area contributed by atoms with E-state index >= 15 is 0 Å². The predicted molar refractivity (Wildman–Crippen MR) is 96.5 cm³/mol. The smallest absolute Gasteiger partial charge is 0.407 e. The van der Waals surface area contributed by atoms with Gasteiger partial charge < -0.3 is 24.8 Å². The molecule has 148 valence electrons. The molecule has 1 fully saturated rings. The van der Waals surface area contributed by atoms with Crippen molar-refractivity contribution >= 4 is 18.0 Å². The third-order valence-corrected chi connectivity index (χ3v) is 4.01. The largest absolute Gasteiger partial charge is 0.450 e. The third kappa shape index (κ3) is 6.90. The van der Waals surface area contributed by atoms with E-state index in [0.29, 0.717) is 6.61 Å². The van der Waals surface area contributed by atoms with Crippen LogP contribution in [0.4, 0.5) is 4.79 Å². The monoisotopic (exact) mass is 378 g/mol. The van der Waals surface area contributed by atoms with Crippen molar-refractivity contribution in [3.05, 3.63) is 35.9 Å². The van der Waals surface area contributed by atoms with Gasteiger partial charge in [0, 0.05) is 0 Å². The molecule has 1 aliphatic rings. The first kappa shape index (κ1) is 20.7. The highest BCUT2D eigenvalue weighted by molar-refractivity contribution is 5.86. The highest BCUT2D eigenvalue weighted by Crippen LogP contribution is 2.18. The Hall–Kier alpha value is -2.61. The first-order valence-electron chi connectivity index (χ1n) is 9.08. The summed E-state index contributed by atoms with van der Waals surface area (Å²) in [7, 11) is 0. The first-order chi connectivity index (χ1) is 13.0. The van der Waals surface area contributed by atoms with Gasteiger partial charge in [0.25, 0.3) is 0 Å². The van der Waals surface area contributed by atoms with Crippen LogP contribution in [0.15, 0.2) is 30.3 Å². The van der Waals surface area contributed by atoms with Gasteiger partial charge >= 0.3 is 12.1 Å². The van der Waals surface area contributed by atoms with E-state index in [-0.39, 0.29) is 13.0 Å². The highest BCUT2D eigenvalue weighted by Gasteiger charge is 2.37. The summed E-state index contributed by atoms with van der Waals surface area (Å²) in [6.45, 7) is 4.08. The van der Waals surface area contributed by atoms with E-state index in [1.54, 1.807) is 0 Å². The maximum absolute atomic E-state index is 12.3. The molecule has 0 saturated carbocycles. The number of esters is 1. The van der Waals surface area contributed by atoms with Crippen molar-refractivity contribution < 1.29 is 28.6 Å². The summed E-state index contributed by atoms with van der Waals surface area (Å²) in [6.07, 6.45) is 0.158. The van der Waals surface area contributed by atoms with Gasteiger partial charge in [-0.05, 0) is 18.9 Å². The van der Waals surface area contributed by atoms with Crippen molar-refractivity contribution in [1.82, 2.24) is 10.6 Å². The summed E-state index contributed by atoms with van der Waals surface area (Å²) in [5, 5.41) is 5.14. The molecule has 3 atom stereocenters. The van der Waals surface area contributed by atoms with Crippen molar-refractivity contribution in [3.63, 3.8) is 0 Å². The van der Waals surface area contributed by atoms with E-state index in [0.717, 1.165) is 18.4 Å². The number of cyclic esters (lactones) is 1. The summed E-state index contributed by atoms with van der Waals surface area (Å²) < 4.78 is 15.7. The number of hydrogen-bond donors (Lipinski definition) is 2. The molecule has 0 spiro atoms. The molecule has 1 saturated heterocycles. The Kier molecular flexibility index (Phi) is 8.06. The Bertz CT molecular complexity index is 636. The number of ether oxygens (including phenoxy) is 3. The fourth-order valence-electron chi connectivity index (χ4n) is 2.46. The lowest BCUT2D eigenvalue weighted by Gasteiger charge is -2.21. The van der Waals surface area contributed by atoms with Crippen LogP contribution in [0, 0.1) is 0 Å². The number of benzene rings is 1. The lowest BCUT2D eigenvalue weighted by Crippen LogP contribution is -2.50. The third-order valence-electron chi connectivity index (χ3n) is 4.01. The molecular weight excluding hydrogens is 352 g/mol. The second-order valence-electron chi connectivity index (χ2n) is 6.33. The molecule has 1 aromatic carbocycles. The lowest BCUT2D eigenvalue weighted by atomic mass is 10.2. The second-order valence-corrected chi connectivity index (χ2v) is 6.33. The van der Waals surface area contributed by atoms with Gasteiger partial charge in [0.15, 0.2) is 0 Å². The average Bonchev–Trinajstić information content (AvgIpc) is 3.00. The van der Waals surface area contributed by atoms with Crippen LogP contribution in [-0.2, 0) is 30.4 Å². The molecule has 2 N–H and O–H groups in total. The molecule has 8 nitrogen and oxygen atoms in total. The average molecular weight is 378 g/mol. The fraction of sp³-hybridized carbons (Fsp3) is 0.526. The zero-order valence-corrected chi connectivity index (χ0v) is 15.6. The SMILES string of the molecule is CCCCOC(=O)N[C@@H](C)C(=O)NC1CC(=O)OC1OCc1ccccc1. The lowest BCUT2D eigenvalue weighted by molar-refractivity contribution is -0.168. The van der Waals surface area contributed by atoms with Crippen LogP contribution in [0.1, 0.15) is 38.7 Å². The van der Waals surface area contributed by atoms with Gasteiger partial charge in [0.2, 0.25) is 12.2 Å². The number of rotatable bonds is 9. The van der Waals surface area contributed by atoms with Crippen molar-refractivity contribution in [1.29, 1.82) is 0 Å². The van der Waals surface area contributed by atoms with E-state index in [9.17, 15) is 14.4 Å². The zero-order chi connectivity index (χ0) is 19.6. The molecule has 27 heavy (non-hydrogen) atoms. The summed E-state index contributed by atoms with van der Waals surface area (Å²) in [6, 6.07) is 8.00. The molecule has 2 amide bonds. The number of alkyl carbamates (subject to hydrolysis) is 1. The summed E-state index contributed by atoms with van der Waals surface area (Å²) in [5.74, 6) is -0.892. The highest BCUT2D eigenvalue weighted by atomic mass is 16.7. The quantitative estimate of drug-likeness (QED) is 0.502. The number of unbranched alkanes of at least 4 members (excludes halogenated alkanes) is 1. The summed E-state index contributed by atoms with van der Waals surface area (Å²) in [5.41, 5.74) is 0.926. The van der Waals surface area contributed by atoms with Gasteiger partial charge in [-0.25, -0.2) is 4.79 Å². The Morgan fingerprint density at radius 1 is 1.30 bits per heavy atom. The van der Waals surface area contributed by atoms with E-state index in [4.69, 9.17) is 14.2 Å². The van der Waals surface area contributed by atoms with Gasteiger partial charge in [0.1, 0.15) is 12.1 Å². The molecule has 0 bridgehead atoms. The van der Waals surface area contributed by atoms with E-state index in [2.05, 4.69) is 10.6 Å². The molecule has 1 heterocycles. The first-order valence-corrected chi connectivity index (χ1v) is 9.08. The van der Waals surface area contributed by atoms with Gasteiger partial charge in [-0.2, -0.15) is 0 Å². The Morgan fingerprint density at radius 3 is 2.74 bits per heavy atom. The number of nitrogens with one attached hydrogen (secondary N) is 2. The normalized spacial score (nSPS) is 19.9. The van der Waals surface area contributed by atoms with Crippen LogP contribution in [-0.4, -0.2) is 43.0 Å². The van der Waals surface area contributed by atoms with Crippen molar-refractivity contribution in [3.8, 4) is 0 Å². The van der Waals surface area contributed by atoms with Crippen LogP contribution in [0.5, 0.6) is 0 Å². The molecule has 8 heteroatoms. The zero-order valence-electron chi connectivity index (χ0n) is 15.6. The van der Waals surface area contributed by atoms with E-state index in [1.807, 2.05) is 37.3 Å². The number of hydrogen-bond acceptors (Lipinski definition) is 6. The van der Waals surface area contributed by atoms with Crippen LogP contribution < -0.4 is 10.6 Å². The van der Waals surface area contributed by atoms with Gasteiger partial charge in [0.05, 0.1) is 19.6 Å². The van der Waals surface area contributed by atoms with Crippen LogP contribution in [0.25, 0.3) is 0 Å². The van der Waals surface area contributed by atoms with Gasteiger partial charge in [-0.1, -0.05) is 43.7 Å². The van der Waals surface area contributed by atoms with E-state index < -0.39 is 36.3 Å². The Balaban J connectivity index is 1.81. The van der Waals surface area contributed by atoms with Crippen LogP contribution >= 0.6 is 0 Å². The van der Waals surface area contributed by atoms with Crippen molar-refractivity contribution in [2.24, 2.45) is 0 Å². The molecule has 0 radical (unpaired) electrons. The van der Waals surface area contributed by atoms with Crippen molar-refractivity contribution in [2.75, 3.05) is 6.61 Å². The fourth-order valence-corrected chi connectivity index (χ4v) is 2.46. The minimum atomic E-state index is -0.870. The standard InChI is InChI=1S/C19H26N2O6/c1-3-4-10-25-19(24)20-13(2)17(23)21-15-11-16(22)27-18(15)26-12-14-8-6-5-7-9-14/h5-9,13,15,18H,3-4,10-12H2,1-2H3,(H,20,24)(H,21,23)/t13-,15?,18?/m0/s1. The topological polar surface area (TPSA) is 103 Å². The number of carbonyl (C=O) groups excluding carboxylic acids is 3. The van der Waals surface area contributed by atoms with Gasteiger partial charge in [-0.3, -0.25) is 9.59 Å². The number of carbonyl (C=O) groups is 3. The summed E-state index contributed by atoms with van der Waals surface area (Å²) in [4.78, 5) is 35.5. The molecule has 1 aliphatic heterocycles. The molecule has 1 aromatic rings. The maximum Gasteiger partial charge on any atom is 0.407 e. The summed E-state index contributed by atoms with van der Waals surface area (Å²) >= 11 is 0. The minimum Gasteiger partial charge on any atom is -0.450 e. The second kappa shape index (κ2) is 10.5. The molecule has 0 aromatic heterocycles. The molecule has 0 aliphatic carbocycles. The maximum atomic E-state index is 12.3. The van der Waals surface area contributed by atoms with Crippen molar-refractivity contribution in [2.45, 2.75) is 58.1 Å². The Labute approximate surface area is 158 Å².